The predicted molar refractivity (Wildman–Crippen MR) is 102 cm³/mol. The van der Waals surface area contributed by atoms with Gasteiger partial charge in [-0.1, -0.05) is 19.8 Å². The number of hydrogen-bond donors (Lipinski definition) is 2. The average molecular weight is 359 g/mol. The molecule has 0 radical (unpaired) electrons. The highest BCUT2D eigenvalue weighted by Gasteiger charge is 2.23. The monoisotopic (exact) mass is 359 g/mol. The fraction of sp³-hybridized carbons (Fsp3) is 0.556. The quantitative estimate of drug-likeness (QED) is 0.582. The first-order chi connectivity index (χ1) is 12.6. The largest absolute Gasteiger partial charge is 0.378 e. The third-order valence-electron chi connectivity index (χ3n) is 5.03. The minimum Gasteiger partial charge on any atom is -0.378 e. The zero-order valence-corrected chi connectivity index (χ0v) is 15.0. The molecule has 2 aromatic rings. The van der Waals surface area contributed by atoms with Crippen molar-refractivity contribution < 1.29 is 4.92 Å². The number of unbranched alkanes of at least 4 members (excludes halogenated alkanes) is 1. The van der Waals surface area contributed by atoms with E-state index in [2.05, 4.69) is 27.1 Å². The fourth-order valence-corrected chi connectivity index (χ4v) is 3.57. The first-order valence-corrected chi connectivity index (χ1v) is 9.24. The Hall–Kier alpha value is -2.48. The van der Waals surface area contributed by atoms with E-state index in [0.717, 1.165) is 25.9 Å². The van der Waals surface area contributed by atoms with Crippen molar-refractivity contribution in [3.05, 3.63) is 38.9 Å². The van der Waals surface area contributed by atoms with E-state index in [-0.39, 0.29) is 16.6 Å². The van der Waals surface area contributed by atoms with E-state index in [1.54, 1.807) is 6.07 Å². The lowest BCUT2D eigenvalue weighted by atomic mass is 10.0. The number of rotatable bonds is 7. The normalized spacial score (nSPS) is 18.1. The van der Waals surface area contributed by atoms with E-state index in [0.29, 0.717) is 23.8 Å². The van der Waals surface area contributed by atoms with Crippen molar-refractivity contribution in [3.63, 3.8) is 0 Å². The van der Waals surface area contributed by atoms with E-state index in [1.165, 1.54) is 31.7 Å². The van der Waals surface area contributed by atoms with Gasteiger partial charge in [0, 0.05) is 18.7 Å². The Labute approximate surface area is 151 Å². The second kappa shape index (κ2) is 8.27. The summed E-state index contributed by atoms with van der Waals surface area (Å²) in [5.74, 6) is 0. The Balaban J connectivity index is 1.82. The van der Waals surface area contributed by atoms with Crippen LogP contribution in [-0.4, -0.2) is 45.5 Å². The molecule has 3 rings (SSSR count). The summed E-state index contributed by atoms with van der Waals surface area (Å²) in [6.07, 6.45) is 7.13. The molecule has 1 unspecified atom stereocenters. The van der Waals surface area contributed by atoms with E-state index in [4.69, 9.17) is 0 Å². The van der Waals surface area contributed by atoms with Gasteiger partial charge in [0.25, 0.3) is 11.2 Å². The first kappa shape index (κ1) is 18.3. The van der Waals surface area contributed by atoms with Crippen LogP contribution in [-0.2, 0) is 0 Å². The summed E-state index contributed by atoms with van der Waals surface area (Å²) >= 11 is 0. The summed E-state index contributed by atoms with van der Waals surface area (Å²) in [6.45, 7) is 4.99. The summed E-state index contributed by atoms with van der Waals surface area (Å²) in [7, 11) is 0. The van der Waals surface area contributed by atoms with Crippen LogP contribution in [0.5, 0.6) is 0 Å². The number of nitro benzene ring substituents is 1. The first-order valence-electron chi connectivity index (χ1n) is 9.24. The lowest BCUT2D eigenvalue weighted by Crippen LogP contribution is -2.44. The van der Waals surface area contributed by atoms with Crippen LogP contribution in [0.25, 0.3) is 10.9 Å². The van der Waals surface area contributed by atoms with Gasteiger partial charge in [-0.05, 0) is 38.4 Å². The van der Waals surface area contributed by atoms with Gasteiger partial charge in [-0.25, -0.2) is 4.98 Å². The number of benzene rings is 1. The zero-order valence-electron chi connectivity index (χ0n) is 15.0. The lowest BCUT2D eigenvalue weighted by Gasteiger charge is -2.36. The molecular formula is C18H25N5O3. The summed E-state index contributed by atoms with van der Waals surface area (Å²) in [5.41, 5.74) is 0.407. The number of aromatic amines is 1. The van der Waals surface area contributed by atoms with Gasteiger partial charge in [-0.2, -0.15) is 0 Å². The zero-order chi connectivity index (χ0) is 18.5. The molecule has 140 valence electrons. The molecule has 0 spiro atoms. The molecule has 0 bridgehead atoms. The number of hydrogen-bond acceptors (Lipinski definition) is 6. The summed E-state index contributed by atoms with van der Waals surface area (Å²) in [4.78, 5) is 31.9. The molecule has 8 nitrogen and oxygen atoms in total. The summed E-state index contributed by atoms with van der Waals surface area (Å²) in [5, 5.41) is 14.9. The number of likely N-dealkylation sites (tertiary alicyclic amines) is 1. The number of nitro groups is 1. The third-order valence-corrected chi connectivity index (χ3v) is 5.03. The van der Waals surface area contributed by atoms with Gasteiger partial charge in [0.15, 0.2) is 0 Å². The van der Waals surface area contributed by atoms with Crippen molar-refractivity contribution in [2.24, 2.45) is 0 Å². The second-order valence-corrected chi connectivity index (χ2v) is 6.80. The minimum absolute atomic E-state index is 0.0908. The van der Waals surface area contributed by atoms with Crippen molar-refractivity contribution >= 4 is 22.3 Å². The lowest BCUT2D eigenvalue weighted by molar-refractivity contribution is -0.383. The summed E-state index contributed by atoms with van der Waals surface area (Å²) < 4.78 is 0. The molecule has 1 aliphatic rings. The van der Waals surface area contributed by atoms with Crippen LogP contribution in [0.1, 0.15) is 39.0 Å². The van der Waals surface area contributed by atoms with Crippen LogP contribution < -0.4 is 10.9 Å². The van der Waals surface area contributed by atoms with E-state index in [1.807, 2.05) is 0 Å². The molecule has 8 heteroatoms. The fourth-order valence-electron chi connectivity index (χ4n) is 3.57. The van der Waals surface area contributed by atoms with Crippen molar-refractivity contribution in [2.75, 3.05) is 25.0 Å². The Morgan fingerprint density at radius 2 is 2.27 bits per heavy atom. The highest BCUT2D eigenvalue weighted by atomic mass is 16.6. The van der Waals surface area contributed by atoms with Crippen LogP contribution in [0.3, 0.4) is 0 Å². The van der Waals surface area contributed by atoms with Crippen LogP contribution in [0.4, 0.5) is 11.4 Å². The predicted octanol–water partition coefficient (Wildman–Crippen LogP) is 2.90. The third kappa shape index (κ3) is 4.01. The Morgan fingerprint density at radius 1 is 1.42 bits per heavy atom. The molecule has 1 aliphatic heterocycles. The number of H-pyrrole nitrogens is 1. The van der Waals surface area contributed by atoms with Crippen LogP contribution in [0.2, 0.25) is 0 Å². The molecule has 2 heterocycles. The molecule has 1 saturated heterocycles. The number of nitrogens with one attached hydrogen (secondary N) is 2. The van der Waals surface area contributed by atoms with Crippen LogP contribution >= 0.6 is 0 Å². The van der Waals surface area contributed by atoms with Gasteiger partial charge in [0.2, 0.25) is 0 Å². The molecule has 1 fully saturated rings. The second-order valence-electron chi connectivity index (χ2n) is 6.80. The molecule has 0 saturated carbocycles. The minimum atomic E-state index is -0.454. The molecule has 1 aromatic carbocycles. The molecule has 0 aliphatic carbocycles. The van der Waals surface area contributed by atoms with Gasteiger partial charge in [0.1, 0.15) is 5.69 Å². The van der Waals surface area contributed by atoms with Gasteiger partial charge >= 0.3 is 0 Å². The van der Waals surface area contributed by atoms with Gasteiger partial charge in [-0.15, -0.1) is 0 Å². The molecule has 26 heavy (non-hydrogen) atoms. The van der Waals surface area contributed by atoms with E-state index < -0.39 is 4.92 Å². The van der Waals surface area contributed by atoms with Gasteiger partial charge < -0.3 is 10.3 Å². The maximum atomic E-state index is 11.9. The van der Waals surface area contributed by atoms with Crippen LogP contribution in [0.15, 0.2) is 23.3 Å². The Bertz CT molecular complexity index is 835. The molecule has 1 atom stereocenters. The topological polar surface area (TPSA) is 104 Å². The number of nitrogens with zero attached hydrogens (tertiary/aromatic N) is 3. The highest BCUT2D eigenvalue weighted by Crippen LogP contribution is 2.28. The Morgan fingerprint density at radius 3 is 3.04 bits per heavy atom. The van der Waals surface area contributed by atoms with Crippen LogP contribution in [0, 0.1) is 10.1 Å². The maximum Gasteiger partial charge on any atom is 0.293 e. The van der Waals surface area contributed by atoms with Gasteiger partial charge in [-0.3, -0.25) is 19.8 Å². The molecule has 0 amide bonds. The van der Waals surface area contributed by atoms with Crippen molar-refractivity contribution in [1.29, 1.82) is 0 Å². The SMILES string of the molecule is CCCCN1CCCCC1CNc1cc2nc[nH]c(=O)c2cc1[N+](=O)[O-]. The smallest absolute Gasteiger partial charge is 0.293 e. The number of aromatic nitrogens is 2. The number of fused-ring (bicyclic) bond motifs is 1. The number of piperidine rings is 1. The molecular weight excluding hydrogens is 334 g/mol. The van der Waals surface area contributed by atoms with E-state index >= 15 is 0 Å². The molecule has 1 aromatic heterocycles. The van der Waals surface area contributed by atoms with Crippen molar-refractivity contribution in [3.8, 4) is 0 Å². The standard InChI is InChI=1S/C18H25N5O3/c1-2-3-7-22-8-5-4-6-13(22)11-19-16-10-15-14(9-17(16)23(25)26)18(24)21-12-20-15/h9-10,12-13,19H,2-8,11H2,1H3,(H,20,21,24). The average Bonchev–Trinajstić information content (AvgIpc) is 2.65. The van der Waals surface area contributed by atoms with E-state index in [9.17, 15) is 14.9 Å². The Kier molecular flexibility index (Phi) is 5.82. The summed E-state index contributed by atoms with van der Waals surface area (Å²) in [6, 6.07) is 3.28. The number of anilines is 1. The van der Waals surface area contributed by atoms with Crippen molar-refractivity contribution in [1.82, 2.24) is 14.9 Å². The maximum absolute atomic E-state index is 11.9. The van der Waals surface area contributed by atoms with Gasteiger partial charge in [0.05, 0.1) is 22.2 Å². The van der Waals surface area contributed by atoms with Crippen molar-refractivity contribution in [2.45, 2.75) is 45.1 Å². The molecule has 2 N–H and O–H groups in total. The highest BCUT2D eigenvalue weighted by molar-refractivity contribution is 5.86.